The van der Waals surface area contributed by atoms with Crippen LogP contribution in [-0.2, 0) is 22.8 Å². The van der Waals surface area contributed by atoms with Crippen LogP contribution in [0.15, 0.2) is 0 Å². The summed E-state index contributed by atoms with van der Waals surface area (Å²) in [6.07, 6.45) is -2.15. The maximum atomic E-state index is 11.5. The molecule has 1 aliphatic heterocycles. The Kier molecular flexibility index (Phi) is 11.9. The zero-order valence-corrected chi connectivity index (χ0v) is 20.4. The number of hydrogen-bond donors (Lipinski definition) is 6. The molecule has 19 heteroatoms. The molecule has 1 saturated heterocycles. The van der Waals surface area contributed by atoms with Crippen LogP contribution >= 0.6 is 30.5 Å². The van der Waals surface area contributed by atoms with Crippen molar-refractivity contribution in [1.82, 2.24) is 19.6 Å². The lowest BCUT2D eigenvalue weighted by atomic mass is 10.4. The summed E-state index contributed by atoms with van der Waals surface area (Å²) in [5, 5.41) is 0. The predicted octanol–water partition coefficient (Wildman–Crippen LogP) is -1.26. The summed E-state index contributed by atoms with van der Waals surface area (Å²) in [4.78, 5) is 61.5. The topological polar surface area (TPSA) is 220 Å². The van der Waals surface area contributed by atoms with Gasteiger partial charge in [-0.15, -0.1) is 0 Å². The van der Waals surface area contributed by atoms with E-state index in [0.29, 0.717) is 0 Å². The van der Waals surface area contributed by atoms with Crippen molar-refractivity contribution >= 4 is 30.5 Å². The first kappa shape index (κ1) is 29.2. The van der Waals surface area contributed by atoms with Crippen molar-refractivity contribution in [2.75, 3.05) is 77.5 Å². The molecule has 0 atom stereocenters. The smallest absolute Gasteiger partial charge is 0.324 e. The Labute approximate surface area is 180 Å². The van der Waals surface area contributed by atoms with Gasteiger partial charge in [-0.1, -0.05) is 0 Å². The van der Waals surface area contributed by atoms with Crippen LogP contribution < -0.4 is 0 Å². The highest BCUT2D eigenvalue weighted by Crippen LogP contribution is 2.37. The molecule has 0 aromatic rings. The lowest BCUT2D eigenvalue weighted by Gasteiger charge is -2.33. The second kappa shape index (κ2) is 12.6. The molecule has 0 saturated carbocycles. The zero-order valence-electron chi connectivity index (χ0n) is 16.8. The molecule has 0 unspecified atom stereocenters. The third kappa shape index (κ3) is 15.6. The van der Waals surface area contributed by atoms with E-state index in [1.54, 1.807) is 0 Å². The van der Waals surface area contributed by atoms with Crippen molar-refractivity contribution in [1.29, 1.82) is 0 Å². The van der Waals surface area contributed by atoms with Crippen LogP contribution in [0.1, 0.15) is 0 Å². The first-order valence-electron chi connectivity index (χ1n) is 9.17. The Morgan fingerprint density at radius 3 is 0.935 bits per heavy atom. The van der Waals surface area contributed by atoms with Crippen molar-refractivity contribution in [3.05, 3.63) is 0 Å². The monoisotopic (exact) mass is 530 g/mol. The highest BCUT2D eigenvalue weighted by Gasteiger charge is 2.26. The third-order valence-electron chi connectivity index (χ3n) is 4.40. The van der Waals surface area contributed by atoms with Gasteiger partial charge in [0.15, 0.2) is 0 Å². The van der Waals surface area contributed by atoms with Gasteiger partial charge in [0, 0.05) is 52.4 Å². The van der Waals surface area contributed by atoms with Gasteiger partial charge in [0.2, 0.25) is 0 Å². The number of nitrogens with zero attached hydrogens (tertiary/aromatic N) is 4. The van der Waals surface area contributed by atoms with Crippen LogP contribution in [0.2, 0.25) is 0 Å². The molecule has 1 rings (SSSR count). The van der Waals surface area contributed by atoms with E-state index in [4.69, 9.17) is 0 Å². The number of hydrogen-bond acceptors (Lipinski definition) is 9. The van der Waals surface area contributed by atoms with Crippen LogP contribution in [0.5, 0.6) is 0 Å². The van der Waals surface area contributed by atoms with E-state index in [1.165, 1.54) is 19.6 Å². The minimum absolute atomic E-state index is 0.0324. The first-order valence-corrected chi connectivity index (χ1v) is 15.9. The first-order chi connectivity index (χ1) is 14.0. The van der Waals surface area contributed by atoms with Gasteiger partial charge >= 0.3 is 30.5 Å². The second-order valence-corrected chi connectivity index (χ2v) is 13.1. The molecule has 31 heavy (non-hydrogen) atoms. The van der Waals surface area contributed by atoms with Gasteiger partial charge in [-0.05, 0) is 0 Å². The highest BCUT2D eigenvalue weighted by atomic mass is 31.2. The Morgan fingerprint density at radius 2 is 0.742 bits per heavy atom. The van der Waals surface area contributed by atoms with Crippen LogP contribution in [0.3, 0.4) is 0 Å². The van der Waals surface area contributed by atoms with Crippen LogP contribution in [0.4, 0.5) is 0 Å². The van der Waals surface area contributed by atoms with Crippen molar-refractivity contribution in [3.8, 4) is 0 Å². The molecule has 1 heterocycles. The summed E-state index contributed by atoms with van der Waals surface area (Å²) in [7, 11) is -16.1. The van der Waals surface area contributed by atoms with E-state index in [-0.39, 0.29) is 58.6 Å². The maximum absolute atomic E-state index is 11.5. The standard InChI is InChI=1S/C12H30N4O11P4/c17-28(18)9-13-1-3-14(10-29(19,20)21)5-7-16(12-31(25,26)27)8-6-15(4-2-13)11-30(22,23)24/h1-12H2,(H2,19,20,21)(H2,22,23,24)(H2,25,26,27). The van der Waals surface area contributed by atoms with E-state index in [9.17, 15) is 52.2 Å². The summed E-state index contributed by atoms with van der Waals surface area (Å²) in [5.74, 6) is 0. The van der Waals surface area contributed by atoms with E-state index in [1.807, 2.05) is 0 Å². The van der Waals surface area contributed by atoms with E-state index in [2.05, 4.69) is 0 Å². The van der Waals surface area contributed by atoms with Gasteiger partial charge in [-0.3, -0.25) is 33.3 Å². The van der Waals surface area contributed by atoms with Crippen LogP contribution in [0, 0.1) is 0 Å². The maximum Gasteiger partial charge on any atom is 0.339 e. The highest BCUT2D eigenvalue weighted by molar-refractivity contribution is 7.52. The van der Waals surface area contributed by atoms with Gasteiger partial charge in [-0.25, -0.2) is 9.13 Å². The summed E-state index contributed by atoms with van der Waals surface area (Å²) < 4.78 is 56.7. The summed E-state index contributed by atoms with van der Waals surface area (Å²) in [6.45, 7) is 0.543. The molecule has 1 fully saturated rings. The Balaban J connectivity index is 3.06. The van der Waals surface area contributed by atoms with Gasteiger partial charge in [-0.2, -0.15) is 0 Å². The zero-order chi connectivity index (χ0) is 23.9. The van der Waals surface area contributed by atoms with E-state index in [0.717, 1.165) is 0 Å². The molecule has 0 bridgehead atoms. The van der Waals surface area contributed by atoms with Crippen LogP contribution in [-0.4, -0.2) is 126 Å². The Hall–Kier alpha value is 0.190. The average Bonchev–Trinajstić information content (AvgIpc) is 2.53. The Morgan fingerprint density at radius 1 is 0.516 bits per heavy atom. The summed E-state index contributed by atoms with van der Waals surface area (Å²) >= 11 is 0. The van der Waals surface area contributed by atoms with Crippen molar-refractivity contribution in [3.63, 3.8) is 0 Å². The lowest BCUT2D eigenvalue weighted by molar-refractivity contribution is 0.153. The predicted molar refractivity (Wildman–Crippen MR) is 110 cm³/mol. The fourth-order valence-corrected chi connectivity index (χ4v) is 6.11. The molecular formula is C12H30N4O11P4. The molecule has 0 aromatic heterocycles. The summed E-state index contributed by atoms with van der Waals surface area (Å²) in [5.41, 5.74) is 0. The van der Waals surface area contributed by atoms with Crippen molar-refractivity contribution < 1.29 is 52.2 Å². The van der Waals surface area contributed by atoms with E-state index >= 15 is 0 Å². The molecule has 0 radical (unpaired) electrons. The molecular weight excluding hydrogens is 500 g/mol. The molecule has 184 valence electrons. The second-order valence-electron chi connectivity index (χ2n) is 7.36. The number of rotatable bonds is 8. The summed E-state index contributed by atoms with van der Waals surface area (Å²) in [6, 6.07) is 0. The normalized spacial score (nSPS) is 20.8. The average molecular weight is 530 g/mol. The molecule has 0 aromatic carbocycles. The van der Waals surface area contributed by atoms with Gasteiger partial charge in [0.25, 0.3) is 0 Å². The Bertz CT molecular complexity index is 731. The van der Waals surface area contributed by atoms with Crippen molar-refractivity contribution in [2.24, 2.45) is 0 Å². The molecule has 15 nitrogen and oxygen atoms in total. The minimum Gasteiger partial charge on any atom is -0.324 e. The van der Waals surface area contributed by atoms with E-state index < -0.39 is 49.3 Å². The molecule has 0 aliphatic carbocycles. The van der Waals surface area contributed by atoms with Gasteiger partial charge in [0.05, 0.1) is 0 Å². The molecule has 0 spiro atoms. The fourth-order valence-electron chi connectivity index (χ4n) is 3.09. The minimum atomic E-state index is -4.45. The van der Waals surface area contributed by atoms with Crippen molar-refractivity contribution in [2.45, 2.75) is 0 Å². The van der Waals surface area contributed by atoms with Gasteiger partial charge < -0.3 is 29.4 Å². The van der Waals surface area contributed by atoms with Gasteiger partial charge in [0.1, 0.15) is 25.1 Å². The molecule has 6 N–H and O–H groups in total. The largest absolute Gasteiger partial charge is 0.339 e. The van der Waals surface area contributed by atoms with Crippen LogP contribution in [0.25, 0.3) is 0 Å². The quantitative estimate of drug-likeness (QED) is 0.202. The lowest BCUT2D eigenvalue weighted by Crippen LogP contribution is -2.46. The third-order valence-corrected chi connectivity index (χ3v) is 7.33. The molecule has 1 aliphatic rings. The molecule has 0 amide bonds. The SMILES string of the molecule is O=P(=O)CN1CCN(CP(=O)(O)O)CCN(CP(=O)(O)O)CCN(CP(=O)(O)O)CC1. The fraction of sp³-hybridized carbons (Fsp3) is 1.00.